The highest BCUT2D eigenvalue weighted by Gasteiger charge is 2.09. The van der Waals surface area contributed by atoms with Crippen molar-refractivity contribution < 1.29 is 4.74 Å². The number of unbranched alkanes of at least 4 members (excludes halogenated alkanes) is 12. The summed E-state index contributed by atoms with van der Waals surface area (Å²) in [6, 6.07) is 28.2. The van der Waals surface area contributed by atoms with Gasteiger partial charge in [0.1, 0.15) is 0 Å². The maximum atomic E-state index is 6.17. The van der Waals surface area contributed by atoms with Gasteiger partial charge in [-0.15, -0.1) is 0 Å². The van der Waals surface area contributed by atoms with E-state index in [-0.39, 0.29) is 6.10 Å². The summed E-state index contributed by atoms with van der Waals surface area (Å²) in [5.74, 6) is 0. The zero-order chi connectivity index (χ0) is 25.3. The minimum atomic E-state index is 0.140. The lowest BCUT2D eigenvalue weighted by Crippen LogP contribution is -2.02. The molecule has 0 heterocycles. The van der Waals surface area contributed by atoms with Gasteiger partial charge in [0, 0.05) is 6.61 Å². The van der Waals surface area contributed by atoms with Gasteiger partial charge in [-0.2, -0.15) is 0 Å². The zero-order valence-corrected chi connectivity index (χ0v) is 22.9. The molecule has 0 amide bonds. The first-order valence-corrected chi connectivity index (χ1v) is 14.7. The van der Waals surface area contributed by atoms with Crippen LogP contribution in [0.1, 0.15) is 109 Å². The van der Waals surface area contributed by atoms with Crippen molar-refractivity contribution >= 4 is 0 Å². The minimum absolute atomic E-state index is 0.140. The molecule has 0 aliphatic heterocycles. The summed E-state index contributed by atoms with van der Waals surface area (Å²) < 4.78 is 6.17. The molecule has 0 saturated carbocycles. The molecule has 36 heavy (non-hydrogen) atoms. The van der Waals surface area contributed by atoms with Gasteiger partial charge in [0.15, 0.2) is 0 Å². The number of ether oxygens (including phenoxy) is 1. The molecule has 0 aromatic heterocycles. The van der Waals surface area contributed by atoms with Gasteiger partial charge >= 0.3 is 0 Å². The van der Waals surface area contributed by atoms with Gasteiger partial charge in [0.25, 0.3) is 0 Å². The maximum Gasteiger partial charge on any atom is 0.0796 e. The van der Waals surface area contributed by atoms with Crippen LogP contribution in [0.25, 0.3) is 22.3 Å². The molecule has 0 N–H and O–H groups in total. The van der Waals surface area contributed by atoms with Gasteiger partial charge in [-0.1, -0.05) is 163 Å². The van der Waals surface area contributed by atoms with Crippen LogP contribution in [0.3, 0.4) is 0 Å². The summed E-state index contributed by atoms with van der Waals surface area (Å²) in [5, 5.41) is 0. The van der Waals surface area contributed by atoms with Gasteiger partial charge in [0.2, 0.25) is 0 Å². The Balaban J connectivity index is 1.31. The Kier molecular flexibility index (Phi) is 13.4. The average molecular weight is 485 g/mol. The van der Waals surface area contributed by atoms with Crippen molar-refractivity contribution in [1.29, 1.82) is 0 Å². The molecule has 3 aromatic carbocycles. The Morgan fingerprint density at radius 1 is 0.500 bits per heavy atom. The third-order valence-corrected chi connectivity index (χ3v) is 7.32. The lowest BCUT2D eigenvalue weighted by atomic mass is 9.94. The number of rotatable bonds is 18. The van der Waals surface area contributed by atoms with E-state index in [1.807, 2.05) is 0 Å². The summed E-state index contributed by atoms with van der Waals surface area (Å²) in [4.78, 5) is 0. The largest absolute Gasteiger partial charge is 0.374 e. The van der Waals surface area contributed by atoms with Gasteiger partial charge in [-0.05, 0) is 41.2 Å². The topological polar surface area (TPSA) is 9.23 Å². The highest BCUT2D eigenvalue weighted by atomic mass is 16.5. The van der Waals surface area contributed by atoms with E-state index in [1.165, 1.54) is 111 Å². The van der Waals surface area contributed by atoms with Crippen LogP contribution in [0.5, 0.6) is 0 Å². The molecule has 0 bridgehead atoms. The monoisotopic (exact) mass is 484 g/mol. The Bertz CT molecular complexity index is 944. The van der Waals surface area contributed by atoms with E-state index < -0.39 is 0 Å². The second-order valence-electron chi connectivity index (χ2n) is 10.3. The first kappa shape index (κ1) is 28.2. The van der Waals surface area contributed by atoms with Gasteiger partial charge < -0.3 is 4.74 Å². The van der Waals surface area contributed by atoms with Crippen molar-refractivity contribution in [2.24, 2.45) is 0 Å². The fourth-order valence-electron chi connectivity index (χ4n) is 5.01. The summed E-state index contributed by atoms with van der Waals surface area (Å²) in [7, 11) is 0. The van der Waals surface area contributed by atoms with E-state index in [1.54, 1.807) is 0 Å². The van der Waals surface area contributed by atoms with Crippen LogP contribution < -0.4 is 0 Å². The molecule has 194 valence electrons. The Morgan fingerprint density at radius 3 is 1.47 bits per heavy atom. The minimum Gasteiger partial charge on any atom is -0.374 e. The fraction of sp³-hybridized carbons (Fsp3) is 0.486. The molecule has 0 aliphatic rings. The Morgan fingerprint density at radius 2 is 0.944 bits per heavy atom. The standard InChI is InChI=1S/C35H48O/c1-3-4-5-6-7-8-9-10-11-12-13-14-20-29-36-30(2)31-25-27-33(28-26-31)35-24-19-18-23-34(35)32-21-16-15-17-22-32/h15-19,21-28,30H,3-14,20,29H2,1-2H3. The number of hydrogen-bond donors (Lipinski definition) is 0. The molecular formula is C35H48O. The summed E-state index contributed by atoms with van der Waals surface area (Å²) in [6.45, 7) is 5.32. The molecule has 0 spiro atoms. The smallest absolute Gasteiger partial charge is 0.0796 e. The van der Waals surface area contributed by atoms with Crippen LogP contribution in [0.15, 0.2) is 78.9 Å². The summed E-state index contributed by atoms with van der Waals surface area (Å²) in [6.07, 6.45) is 18.1. The molecule has 1 unspecified atom stereocenters. The Labute approximate surface area is 221 Å². The number of hydrogen-bond acceptors (Lipinski definition) is 1. The van der Waals surface area contributed by atoms with E-state index in [4.69, 9.17) is 4.74 Å². The predicted molar refractivity (Wildman–Crippen MR) is 157 cm³/mol. The normalized spacial score (nSPS) is 12.1. The highest BCUT2D eigenvalue weighted by Crippen LogP contribution is 2.32. The van der Waals surface area contributed by atoms with Crippen LogP contribution in [0.2, 0.25) is 0 Å². The van der Waals surface area contributed by atoms with Crippen molar-refractivity contribution in [2.45, 2.75) is 103 Å². The van der Waals surface area contributed by atoms with Crippen molar-refractivity contribution in [1.82, 2.24) is 0 Å². The predicted octanol–water partition coefficient (Wildman–Crippen LogP) is 11.2. The maximum absolute atomic E-state index is 6.17. The molecule has 1 nitrogen and oxygen atoms in total. The van der Waals surface area contributed by atoms with Crippen LogP contribution >= 0.6 is 0 Å². The third kappa shape index (κ3) is 9.94. The van der Waals surface area contributed by atoms with E-state index in [0.717, 1.165) is 6.61 Å². The van der Waals surface area contributed by atoms with E-state index in [9.17, 15) is 0 Å². The fourth-order valence-corrected chi connectivity index (χ4v) is 5.01. The molecule has 0 fully saturated rings. The first-order valence-electron chi connectivity index (χ1n) is 14.7. The average Bonchev–Trinajstić information content (AvgIpc) is 2.93. The van der Waals surface area contributed by atoms with Crippen LogP contribution in [0.4, 0.5) is 0 Å². The lowest BCUT2D eigenvalue weighted by Gasteiger charge is -2.15. The van der Waals surface area contributed by atoms with E-state index in [0.29, 0.717) is 0 Å². The molecular weight excluding hydrogens is 436 g/mol. The second kappa shape index (κ2) is 17.1. The molecule has 1 atom stereocenters. The molecule has 0 aliphatic carbocycles. The molecule has 1 heteroatoms. The van der Waals surface area contributed by atoms with Crippen LogP contribution in [0, 0.1) is 0 Å². The lowest BCUT2D eigenvalue weighted by molar-refractivity contribution is 0.0627. The molecule has 0 saturated heterocycles. The summed E-state index contributed by atoms with van der Waals surface area (Å²) >= 11 is 0. The molecule has 0 radical (unpaired) electrons. The van der Waals surface area contributed by atoms with Crippen LogP contribution in [-0.4, -0.2) is 6.61 Å². The molecule has 3 rings (SSSR count). The van der Waals surface area contributed by atoms with Gasteiger partial charge in [0.05, 0.1) is 6.10 Å². The number of benzene rings is 3. The van der Waals surface area contributed by atoms with Gasteiger partial charge in [-0.3, -0.25) is 0 Å². The Hall–Kier alpha value is -2.38. The van der Waals surface area contributed by atoms with Crippen molar-refractivity contribution in [2.75, 3.05) is 6.61 Å². The van der Waals surface area contributed by atoms with E-state index in [2.05, 4.69) is 92.7 Å². The third-order valence-electron chi connectivity index (χ3n) is 7.32. The van der Waals surface area contributed by atoms with Crippen molar-refractivity contribution in [3.63, 3.8) is 0 Å². The zero-order valence-electron chi connectivity index (χ0n) is 22.9. The van der Waals surface area contributed by atoms with Crippen LogP contribution in [-0.2, 0) is 4.74 Å². The molecule has 3 aromatic rings. The summed E-state index contributed by atoms with van der Waals surface area (Å²) in [5.41, 5.74) is 6.31. The van der Waals surface area contributed by atoms with Crippen molar-refractivity contribution in [3.05, 3.63) is 84.4 Å². The van der Waals surface area contributed by atoms with E-state index >= 15 is 0 Å². The quantitative estimate of drug-likeness (QED) is 0.163. The second-order valence-corrected chi connectivity index (χ2v) is 10.3. The SMILES string of the molecule is CCCCCCCCCCCCCCCOC(C)c1ccc(-c2ccccc2-c2ccccc2)cc1. The highest BCUT2D eigenvalue weighted by molar-refractivity contribution is 5.83. The van der Waals surface area contributed by atoms with Gasteiger partial charge in [-0.25, -0.2) is 0 Å². The first-order chi connectivity index (χ1) is 17.8. The van der Waals surface area contributed by atoms with Crippen molar-refractivity contribution in [3.8, 4) is 22.3 Å².